The lowest BCUT2D eigenvalue weighted by molar-refractivity contribution is -0.119. The quantitative estimate of drug-likeness (QED) is 0.778. The molecule has 1 atom stereocenters. The average Bonchev–Trinajstić information content (AvgIpc) is 2.43. The zero-order valence-electron chi connectivity index (χ0n) is 11.0. The van der Waals surface area contributed by atoms with Gasteiger partial charge in [0.05, 0.1) is 5.92 Å². The number of benzene rings is 2. The smallest absolute Gasteiger partial charge is 0.144 e. The monoisotopic (exact) mass is 256 g/mol. The van der Waals surface area contributed by atoms with Crippen molar-refractivity contribution in [3.8, 4) is 0 Å². The Morgan fingerprint density at radius 1 is 1.00 bits per heavy atom. The molecular weight excluding hydrogens is 239 g/mol. The van der Waals surface area contributed by atoms with Crippen LogP contribution in [0.15, 0.2) is 54.6 Å². The predicted molar refractivity (Wildman–Crippen MR) is 74.6 cm³/mol. The third-order valence-electron chi connectivity index (χ3n) is 3.15. The first-order chi connectivity index (χ1) is 9.22. The summed E-state index contributed by atoms with van der Waals surface area (Å²) in [6, 6.07) is 15.9. The van der Waals surface area contributed by atoms with E-state index in [9.17, 15) is 9.18 Å². The normalized spacial score (nSPS) is 12.1. The molecule has 0 aromatic heterocycles. The zero-order chi connectivity index (χ0) is 13.7. The molecule has 2 heteroatoms. The number of hydrogen-bond acceptors (Lipinski definition) is 1. The molecule has 2 aromatic carbocycles. The van der Waals surface area contributed by atoms with E-state index in [0.29, 0.717) is 6.42 Å². The summed E-state index contributed by atoms with van der Waals surface area (Å²) in [5.74, 6) is -0.388. The van der Waals surface area contributed by atoms with Crippen LogP contribution in [0.4, 0.5) is 4.39 Å². The Labute approximate surface area is 113 Å². The average molecular weight is 256 g/mol. The molecule has 0 N–H and O–H groups in total. The van der Waals surface area contributed by atoms with Crippen LogP contribution in [0, 0.1) is 5.82 Å². The summed E-state index contributed by atoms with van der Waals surface area (Å²) in [4.78, 5) is 12.3. The number of carbonyl (C=O) groups is 1. The van der Waals surface area contributed by atoms with Crippen molar-refractivity contribution in [2.45, 2.75) is 25.7 Å². The molecule has 0 amide bonds. The largest absolute Gasteiger partial charge is 0.299 e. The maximum absolute atomic E-state index is 13.0. The Balaban J connectivity index is 2.40. The van der Waals surface area contributed by atoms with Gasteiger partial charge in [-0.1, -0.05) is 49.4 Å². The first-order valence-electron chi connectivity index (χ1n) is 6.55. The molecule has 0 aliphatic carbocycles. The van der Waals surface area contributed by atoms with Crippen molar-refractivity contribution in [2.75, 3.05) is 0 Å². The highest BCUT2D eigenvalue weighted by atomic mass is 19.1. The Morgan fingerprint density at radius 3 is 2.16 bits per heavy atom. The van der Waals surface area contributed by atoms with Crippen LogP contribution in [0.1, 0.15) is 36.8 Å². The minimum Gasteiger partial charge on any atom is -0.299 e. The number of rotatable bonds is 5. The fourth-order valence-electron chi connectivity index (χ4n) is 2.26. The van der Waals surface area contributed by atoms with Crippen molar-refractivity contribution >= 4 is 5.78 Å². The fourth-order valence-corrected chi connectivity index (χ4v) is 2.26. The summed E-state index contributed by atoms with van der Waals surface area (Å²) in [7, 11) is 0. The van der Waals surface area contributed by atoms with Crippen molar-refractivity contribution in [1.29, 1.82) is 0 Å². The van der Waals surface area contributed by atoms with Gasteiger partial charge >= 0.3 is 0 Å². The van der Waals surface area contributed by atoms with Gasteiger partial charge in [0.15, 0.2) is 0 Å². The van der Waals surface area contributed by atoms with E-state index in [-0.39, 0.29) is 17.5 Å². The third kappa shape index (κ3) is 3.28. The number of carbonyl (C=O) groups excluding carboxylic acids is 1. The van der Waals surface area contributed by atoms with Gasteiger partial charge in [0.1, 0.15) is 11.6 Å². The molecule has 19 heavy (non-hydrogen) atoms. The molecule has 1 unspecified atom stereocenters. The molecule has 0 bridgehead atoms. The standard InChI is InChI=1S/C17H17FO/c1-2-6-16(19)17(13-7-4-3-5-8-13)14-9-11-15(18)12-10-14/h3-5,7-12,17H,2,6H2,1H3. The molecule has 0 aliphatic heterocycles. The van der Waals surface area contributed by atoms with Crippen LogP contribution in [0.3, 0.4) is 0 Å². The van der Waals surface area contributed by atoms with Crippen molar-refractivity contribution < 1.29 is 9.18 Å². The van der Waals surface area contributed by atoms with Crippen LogP contribution in [0.5, 0.6) is 0 Å². The Hall–Kier alpha value is -1.96. The first kappa shape index (κ1) is 13.5. The summed E-state index contributed by atoms with van der Waals surface area (Å²) >= 11 is 0. The minimum atomic E-state index is -0.290. The van der Waals surface area contributed by atoms with Crippen LogP contribution < -0.4 is 0 Å². The van der Waals surface area contributed by atoms with Crippen molar-refractivity contribution in [3.05, 3.63) is 71.5 Å². The SMILES string of the molecule is CCCC(=O)C(c1ccccc1)c1ccc(F)cc1. The van der Waals surface area contributed by atoms with Gasteiger partial charge in [-0.05, 0) is 29.7 Å². The van der Waals surface area contributed by atoms with E-state index >= 15 is 0 Å². The van der Waals surface area contributed by atoms with E-state index in [1.807, 2.05) is 37.3 Å². The molecule has 0 heterocycles. The number of halogens is 1. The topological polar surface area (TPSA) is 17.1 Å². The van der Waals surface area contributed by atoms with Gasteiger partial charge in [-0.25, -0.2) is 4.39 Å². The highest BCUT2D eigenvalue weighted by molar-refractivity contribution is 5.89. The number of ketones is 1. The van der Waals surface area contributed by atoms with E-state index in [1.165, 1.54) is 12.1 Å². The maximum atomic E-state index is 13.0. The molecule has 0 aliphatic rings. The van der Waals surface area contributed by atoms with Gasteiger partial charge in [0.2, 0.25) is 0 Å². The van der Waals surface area contributed by atoms with Crippen molar-refractivity contribution in [2.24, 2.45) is 0 Å². The second kappa shape index (κ2) is 6.28. The summed E-state index contributed by atoms with van der Waals surface area (Å²) in [5.41, 5.74) is 1.82. The van der Waals surface area contributed by atoms with Crippen molar-refractivity contribution in [1.82, 2.24) is 0 Å². The zero-order valence-corrected chi connectivity index (χ0v) is 11.0. The first-order valence-corrected chi connectivity index (χ1v) is 6.55. The van der Waals surface area contributed by atoms with Crippen LogP contribution in [0.25, 0.3) is 0 Å². The lowest BCUT2D eigenvalue weighted by Gasteiger charge is -2.16. The van der Waals surface area contributed by atoms with Gasteiger partial charge in [0.25, 0.3) is 0 Å². The Kier molecular flexibility index (Phi) is 4.45. The molecule has 0 saturated heterocycles. The van der Waals surface area contributed by atoms with Gasteiger partial charge in [0, 0.05) is 6.42 Å². The second-order valence-corrected chi connectivity index (χ2v) is 4.61. The van der Waals surface area contributed by atoms with Crippen LogP contribution in [-0.4, -0.2) is 5.78 Å². The highest BCUT2D eigenvalue weighted by Gasteiger charge is 2.21. The van der Waals surface area contributed by atoms with Crippen LogP contribution >= 0.6 is 0 Å². The van der Waals surface area contributed by atoms with Gasteiger partial charge in [-0.15, -0.1) is 0 Å². The molecular formula is C17H17FO. The predicted octanol–water partition coefficient (Wildman–Crippen LogP) is 4.33. The molecule has 0 saturated carbocycles. The van der Waals surface area contributed by atoms with E-state index in [2.05, 4.69) is 0 Å². The van der Waals surface area contributed by atoms with Crippen molar-refractivity contribution in [3.63, 3.8) is 0 Å². The van der Waals surface area contributed by atoms with Gasteiger partial charge in [-0.3, -0.25) is 4.79 Å². The molecule has 0 spiro atoms. The third-order valence-corrected chi connectivity index (χ3v) is 3.15. The van der Waals surface area contributed by atoms with E-state index < -0.39 is 0 Å². The Morgan fingerprint density at radius 2 is 1.58 bits per heavy atom. The maximum Gasteiger partial charge on any atom is 0.144 e. The molecule has 98 valence electrons. The minimum absolute atomic E-state index is 0.181. The summed E-state index contributed by atoms with van der Waals surface area (Å²) in [5, 5.41) is 0. The summed E-state index contributed by atoms with van der Waals surface area (Å²) < 4.78 is 13.0. The molecule has 2 aromatic rings. The molecule has 2 rings (SSSR count). The van der Waals surface area contributed by atoms with Crippen LogP contribution in [0.2, 0.25) is 0 Å². The summed E-state index contributed by atoms with van der Waals surface area (Å²) in [6.07, 6.45) is 1.36. The fraction of sp³-hybridized carbons (Fsp3) is 0.235. The molecule has 0 radical (unpaired) electrons. The van der Waals surface area contributed by atoms with Gasteiger partial charge < -0.3 is 0 Å². The highest BCUT2D eigenvalue weighted by Crippen LogP contribution is 2.27. The second-order valence-electron chi connectivity index (χ2n) is 4.61. The Bertz CT molecular complexity index is 531. The number of hydrogen-bond donors (Lipinski definition) is 0. The molecule has 1 nitrogen and oxygen atoms in total. The van der Waals surface area contributed by atoms with E-state index in [4.69, 9.17) is 0 Å². The summed E-state index contributed by atoms with van der Waals surface area (Å²) in [6.45, 7) is 1.99. The number of Topliss-reactive ketones (excluding diaryl/α,β-unsaturated/α-hetero) is 1. The lowest BCUT2D eigenvalue weighted by Crippen LogP contribution is -2.13. The lowest BCUT2D eigenvalue weighted by atomic mass is 9.86. The van der Waals surface area contributed by atoms with E-state index in [0.717, 1.165) is 17.5 Å². The van der Waals surface area contributed by atoms with Crippen LogP contribution in [-0.2, 0) is 4.79 Å². The van der Waals surface area contributed by atoms with Gasteiger partial charge in [-0.2, -0.15) is 0 Å². The van der Waals surface area contributed by atoms with E-state index in [1.54, 1.807) is 12.1 Å². The molecule has 0 fully saturated rings.